The SMILES string of the molecule is O=C(C1=CSc2nnc(-c3ccc(Cl)cc3)n2N=C1)c1cc(Cl)ccc1O. The van der Waals surface area contributed by atoms with Crippen LogP contribution in [0.25, 0.3) is 11.4 Å². The molecular formula is C18H10Cl2N4O2S. The number of aromatic hydroxyl groups is 1. The Hall–Kier alpha value is -2.61. The second kappa shape index (κ2) is 7.19. The fourth-order valence-electron chi connectivity index (χ4n) is 2.45. The lowest BCUT2D eigenvalue weighted by molar-refractivity contribution is 0.103. The molecule has 0 saturated heterocycles. The molecule has 0 aliphatic carbocycles. The third-order valence-corrected chi connectivity index (χ3v) is 5.11. The van der Waals surface area contributed by atoms with Crippen LogP contribution in [0.1, 0.15) is 10.4 Å². The van der Waals surface area contributed by atoms with Crippen molar-refractivity contribution in [1.29, 1.82) is 0 Å². The van der Waals surface area contributed by atoms with E-state index in [0.29, 0.717) is 26.6 Å². The van der Waals surface area contributed by atoms with Crippen LogP contribution in [-0.2, 0) is 0 Å². The number of Topliss-reactive ketones (excluding diaryl/α,β-unsaturated/α-hetero) is 1. The van der Waals surface area contributed by atoms with E-state index in [9.17, 15) is 9.90 Å². The number of phenols is 1. The predicted octanol–water partition coefficient (Wildman–Crippen LogP) is 4.66. The Morgan fingerprint density at radius 3 is 2.56 bits per heavy atom. The first kappa shape index (κ1) is 17.8. The van der Waals surface area contributed by atoms with Crippen LogP contribution in [0.15, 0.2) is 63.7 Å². The first-order chi connectivity index (χ1) is 13.0. The van der Waals surface area contributed by atoms with Crippen molar-refractivity contribution in [2.24, 2.45) is 5.10 Å². The number of thioether (sulfide) groups is 1. The molecule has 27 heavy (non-hydrogen) atoms. The molecule has 4 rings (SSSR count). The zero-order chi connectivity index (χ0) is 19.0. The normalized spacial score (nSPS) is 13.0. The van der Waals surface area contributed by atoms with Crippen LogP contribution in [0.3, 0.4) is 0 Å². The molecule has 0 radical (unpaired) electrons. The highest BCUT2D eigenvalue weighted by Crippen LogP contribution is 2.30. The van der Waals surface area contributed by atoms with Crippen molar-refractivity contribution >= 4 is 47.0 Å². The smallest absolute Gasteiger partial charge is 0.216 e. The van der Waals surface area contributed by atoms with Gasteiger partial charge in [-0.2, -0.15) is 9.78 Å². The van der Waals surface area contributed by atoms with Gasteiger partial charge in [0.25, 0.3) is 0 Å². The quantitative estimate of drug-likeness (QED) is 0.627. The van der Waals surface area contributed by atoms with Crippen molar-refractivity contribution in [3.8, 4) is 17.1 Å². The van der Waals surface area contributed by atoms with Crippen molar-refractivity contribution in [2.45, 2.75) is 5.16 Å². The number of benzene rings is 2. The zero-order valence-corrected chi connectivity index (χ0v) is 15.8. The highest BCUT2D eigenvalue weighted by Gasteiger charge is 2.20. The van der Waals surface area contributed by atoms with Crippen LogP contribution in [0, 0.1) is 0 Å². The lowest BCUT2D eigenvalue weighted by Gasteiger charge is -2.04. The second-order valence-corrected chi connectivity index (χ2v) is 7.26. The van der Waals surface area contributed by atoms with Crippen molar-refractivity contribution in [3.05, 3.63) is 69.1 Å². The Morgan fingerprint density at radius 1 is 1.04 bits per heavy atom. The number of fused-ring (bicyclic) bond motifs is 1. The van der Waals surface area contributed by atoms with Crippen molar-refractivity contribution < 1.29 is 9.90 Å². The predicted molar refractivity (Wildman–Crippen MR) is 106 cm³/mol. The number of carbonyl (C=O) groups is 1. The molecule has 2 heterocycles. The fourth-order valence-corrected chi connectivity index (χ4v) is 3.47. The minimum Gasteiger partial charge on any atom is -0.507 e. The van der Waals surface area contributed by atoms with E-state index in [-0.39, 0.29) is 11.3 Å². The summed E-state index contributed by atoms with van der Waals surface area (Å²) in [6, 6.07) is 11.4. The molecule has 0 spiro atoms. The van der Waals surface area contributed by atoms with Crippen LogP contribution in [0.2, 0.25) is 10.0 Å². The Kier molecular flexibility index (Phi) is 4.73. The molecular weight excluding hydrogens is 407 g/mol. The zero-order valence-electron chi connectivity index (χ0n) is 13.5. The topological polar surface area (TPSA) is 80.4 Å². The van der Waals surface area contributed by atoms with Crippen LogP contribution < -0.4 is 0 Å². The van der Waals surface area contributed by atoms with Gasteiger partial charge >= 0.3 is 0 Å². The van der Waals surface area contributed by atoms with E-state index in [1.165, 1.54) is 36.2 Å². The van der Waals surface area contributed by atoms with Crippen LogP contribution in [-0.4, -0.2) is 32.0 Å². The largest absolute Gasteiger partial charge is 0.507 e. The van der Waals surface area contributed by atoms with E-state index >= 15 is 0 Å². The van der Waals surface area contributed by atoms with Crippen LogP contribution in [0.5, 0.6) is 5.75 Å². The third-order valence-electron chi connectivity index (χ3n) is 3.78. The third kappa shape index (κ3) is 3.49. The molecule has 0 fully saturated rings. The standard InChI is InChI=1S/C18H10Cl2N4O2S/c19-12-3-1-10(2-4-12)17-22-23-18-24(17)21-8-11(9-27-18)16(26)14-7-13(20)5-6-15(14)25/h1-9,25H. The van der Waals surface area contributed by atoms with Gasteiger partial charge in [0, 0.05) is 21.2 Å². The number of rotatable bonds is 3. The average Bonchev–Trinajstić information content (AvgIpc) is 2.95. The van der Waals surface area contributed by atoms with Crippen LogP contribution >= 0.6 is 35.0 Å². The minimum atomic E-state index is -0.391. The molecule has 0 atom stereocenters. The summed E-state index contributed by atoms with van der Waals surface area (Å²) in [6.07, 6.45) is 1.41. The van der Waals surface area contributed by atoms with Gasteiger partial charge in [-0.15, -0.1) is 10.2 Å². The first-order valence-electron chi connectivity index (χ1n) is 7.68. The molecule has 0 saturated carbocycles. The molecule has 3 aromatic rings. The van der Waals surface area contributed by atoms with Crippen molar-refractivity contribution in [1.82, 2.24) is 14.9 Å². The number of carbonyl (C=O) groups excluding carboxylic acids is 1. The summed E-state index contributed by atoms with van der Waals surface area (Å²) in [5, 5.41) is 25.7. The van der Waals surface area contributed by atoms with Gasteiger partial charge in [-0.25, -0.2) is 0 Å². The Morgan fingerprint density at radius 2 is 1.78 bits per heavy atom. The van der Waals surface area contributed by atoms with E-state index in [0.717, 1.165) is 5.56 Å². The number of aromatic nitrogens is 3. The lowest BCUT2D eigenvalue weighted by Crippen LogP contribution is -2.05. The monoisotopic (exact) mass is 416 g/mol. The summed E-state index contributed by atoms with van der Waals surface area (Å²) in [5.74, 6) is -0.00896. The molecule has 1 aliphatic rings. The lowest BCUT2D eigenvalue weighted by atomic mass is 10.0. The molecule has 9 heteroatoms. The summed E-state index contributed by atoms with van der Waals surface area (Å²) in [7, 11) is 0. The molecule has 0 unspecified atom stereocenters. The Balaban J connectivity index is 1.68. The van der Waals surface area contributed by atoms with E-state index in [2.05, 4.69) is 15.3 Å². The summed E-state index contributed by atoms with van der Waals surface area (Å²) in [6.45, 7) is 0. The number of phenolic OH excluding ortho intramolecular Hbond substituents is 1. The van der Waals surface area contributed by atoms with Gasteiger partial charge in [-0.1, -0.05) is 35.0 Å². The average molecular weight is 417 g/mol. The van der Waals surface area contributed by atoms with Crippen molar-refractivity contribution in [3.63, 3.8) is 0 Å². The maximum absolute atomic E-state index is 12.7. The van der Waals surface area contributed by atoms with Gasteiger partial charge in [0.2, 0.25) is 5.16 Å². The van der Waals surface area contributed by atoms with Gasteiger partial charge in [0.05, 0.1) is 11.8 Å². The molecule has 134 valence electrons. The summed E-state index contributed by atoms with van der Waals surface area (Å²) >= 11 is 13.1. The molecule has 1 N–H and O–H groups in total. The van der Waals surface area contributed by atoms with Gasteiger partial charge < -0.3 is 5.11 Å². The van der Waals surface area contributed by atoms with E-state index < -0.39 is 5.78 Å². The van der Waals surface area contributed by atoms with Crippen molar-refractivity contribution in [2.75, 3.05) is 0 Å². The fraction of sp³-hybridized carbons (Fsp3) is 0. The van der Waals surface area contributed by atoms with E-state index in [4.69, 9.17) is 23.2 Å². The van der Waals surface area contributed by atoms with Gasteiger partial charge in [0.15, 0.2) is 11.6 Å². The maximum Gasteiger partial charge on any atom is 0.216 e. The number of halogens is 2. The summed E-state index contributed by atoms with van der Waals surface area (Å²) in [4.78, 5) is 12.7. The molecule has 1 aromatic heterocycles. The minimum absolute atomic E-state index is 0.108. The number of hydrogen-bond acceptors (Lipinski definition) is 6. The first-order valence-corrected chi connectivity index (χ1v) is 9.32. The molecule has 2 aromatic carbocycles. The number of ketones is 1. The van der Waals surface area contributed by atoms with Gasteiger partial charge in [0.1, 0.15) is 5.75 Å². The number of nitrogens with zero attached hydrogens (tertiary/aromatic N) is 4. The number of hydrogen-bond donors (Lipinski definition) is 1. The van der Waals surface area contributed by atoms with Gasteiger partial charge in [-0.3, -0.25) is 4.79 Å². The number of allylic oxidation sites excluding steroid dienone is 1. The van der Waals surface area contributed by atoms with Crippen LogP contribution in [0.4, 0.5) is 0 Å². The highest BCUT2D eigenvalue weighted by molar-refractivity contribution is 8.02. The molecule has 1 aliphatic heterocycles. The Bertz CT molecular complexity index is 1110. The molecule has 6 nitrogen and oxygen atoms in total. The second-order valence-electron chi connectivity index (χ2n) is 5.55. The van der Waals surface area contributed by atoms with E-state index in [1.807, 2.05) is 12.1 Å². The summed E-state index contributed by atoms with van der Waals surface area (Å²) in [5.41, 5.74) is 1.19. The highest BCUT2D eigenvalue weighted by atomic mass is 35.5. The Labute approximate surface area is 168 Å². The molecule has 0 bridgehead atoms. The van der Waals surface area contributed by atoms with Gasteiger partial charge in [-0.05, 0) is 47.9 Å². The summed E-state index contributed by atoms with van der Waals surface area (Å²) < 4.78 is 1.54. The van der Waals surface area contributed by atoms with E-state index in [1.54, 1.807) is 22.2 Å². The molecule has 0 amide bonds. The maximum atomic E-state index is 12.7.